The van der Waals surface area contributed by atoms with Gasteiger partial charge < -0.3 is 5.11 Å². The van der Waals surface area contributed by atoms with Crippen molar-refractivity contribution in [1.82, 2.24) is 0 Å². The van der Waals surface area contributed by atoms with Crippen molar-refractivity contribution < 1.29 is 9.90 Å². The summed E-state index contributed by atoms with van der Waals surface area (Å²) >= 11 is 0. The number of allylic oxidation sites excluding steroid dienone is 1. The SMILES string of the molecule is CCC[C@@]1(O)CC[C@H]2[C@@H]3CCC4=CC(=O)CC[C@]4(C)[C@H]3CC[C@@]21C. The van der Waals surface area contributed by atoms with Crippen LogP contribution in [0.1, 0.15) is 85.0 Å². The molecule has 2 nitrogen and oxygen atoms in total. The molecule has 0 spiro atoms. The molecular weight excluding hydrogens is 296 g/mol. The number of ketones is 1. The van der Waals surface area contributed by atoms with Gasteiger partial charge in [-0.3, -0.25) is 4.79 Å². The summed E-state index contributed by atoms with van der Waals surface area (Å²) in [7, 11) is 0. The van der Waals surface area contributed by atoms with Gasteiger partial charge in [0.15, 0.2) is 5.78 Å². The van der Waals surface area contributed by atoms with E-state index in [2.05, 4.69) is 20.8 Å². The van der Waals surface area contributed by atoms with Gasteiger partial charge in [-0.25, -0.2) is 0 Å². The second-order valence-corrected chi connectivity index (χ2v) is 9.75. The average Bonchev–Trinajstić information content (AvgIpc) is 2.80. The zero-order valence-corrected chi connectivity index (χ0v) is 15.7. The van der Waals surface area contributed by atoms with Crippen molar-refractivity contribution in [3.8, 4) is 0 Å². The number of hydrogen-bond donors (Lipinski definition) is 1. The van der Waals surface area contributed by atoms with E-state index in [1.807, 2.05) is 6.08 Å². The van der Waals surface area contributed by atoms with Crippen molar-refractivity contribution in [1.29, 1.82) is 0 Å². The third kappa shape index (κ3) is 2.08. The first-order valence-electron chi connectivity index (χ1n) is 10.3. The van der Waals surface area contributed by atoms with Crippen LogP contribution in [0, 0.1) is 28.6 Å². The monoisotopic (exact) mass is 330 g/mol. The molecule has 1 N–H and O–H groups in total. The van der Waals surface area contributed by atoms with E-state index in [-0.39, 0.29) is 10.8 Å². The molecule has 0 radical (unpaired) electrons. The molecular formula is C22H34O2. The summed E-state index contributed by atoms with van der Waals surface area (Å²) < 4.78 is 0. The summed E-state index contributed by atoms with van der Waals surface area (Å²) in [5.74, 6) is 2.51. The average molecular weight is 331 g/mol. The Labute approximate surface area is 147 Å². The Morgan fingerprint density at radius 3 is 2.58 bits per heavy atom. The summed E-state index contributed by atoms with van der Waals surface area (Å²) in [4.78, 5) is 11.9. The molecule has 4 aliphatic rings. The Morgan fingerprint density at radius 2 is 1.83 bits per heavy atom. The van der Waals surface area contributed by atoms with Crippen molar-refractivity contribution >= 4 is 5.78 Å². The van der Waals surface area contributed by atoms with Crippen LogP contribution in [0.3, 0.4) is 0 Å². The van der Waals surface area contributed by atoms with Crippen molar-refractivity contribution in [2.75, 3.05) is 0 Å². The first kappa shape index (κ1) is 16.8. The molecule has 3 fully saturated rings. The van der Waals surface area contributed by atoms with Crippen LogP contribution in [0.25, 0.3) is 0 Å². The van der Waals surface area contributed by atoms with Gasteiger partial charge in [-0.1, -0.05) is 32.8 Å². The van der Waals surface area contributed by atoms with Crippen molar-refractivity contribution in [2.24, 2.45) is 28.6 Å². The fourth-order valence-electron chi connectivity index (χ4n) is 7.49. The van der Waals surface area contributed by atoms with E-state index in [1.54, 1.807) is 0 Å². The highest BCUT2D eigenvalue weighted by Crippen LogP contribution is 2.68. The molecule has 0 saturated heterocycles. The molecule has 0 bridgehead atoms. The van der Waals surface area contributed by atoms with Gasteiger partial charge in [-0.15, -0.1) is 0 Å². The van der Waals surface area contributed by atoms with Gasteiger partial charge in [0.25, 0.3) is 0 Å². The maximum Gasteiger partial charge on any atom is 0.155 e. The summed E-state index contributed by atoms with van der Waals surface area (Å²) in [6.07, 6.45) is 12.8. The highest BCUT2D eigenvalue weighted by molar-refractivity contribution is 5.91. The number of carbonyl (C=O) groups is 1. The lowest BCUT2D eigenvalue weighted by molar-refractivity contribution is -0.132. The smallest absolute Gasteiger partial charge is 0.155 e. The predicted molar refractivity (Wildman–Crippen MR) is 96.6 cm³/mol. The highest BCUT2D eigenvalue weighted by Gasteiger charge is 2.63. The lowest BCUT2D eigenvalue weighted by Gasteiger charge is -2.59. The van der Waals surface area contributed by atoms with E-state index in [9.17, 15) is 9.90 Å². The van der Waals surface area contributed by atoms with Crippen LogP contribution in [-0.2, 0) is 4.79 Å². The van der Waals surface area contributed by atoms with Gasteiger partial charge in [0, 0.05) is 6.42 Å². The van der Waals surface area contributed by atoms with Crippen LogP contribution in [-0.4, -0.2) is 16.5 Å². The van der Waals surface area contributed by atoms with Gasteiger partial charge in [0.1, 0.15) is 0 Å². The number of fused-ring (bicyclic) bond motifs is 5. The zero-order chi connectivity index (χ0) is 17.2. The molecule has 0 aromatic carbocycles. The zero-order valence-electron chi connectivity index (χ0n) is 15.7. The minimum atomic E-state index is -0.434. The number of hydrogen-bond acceptors (Lipinski definition) is 2. The third-order valence-electron chi connectivity index (χ3n) is 8.95. The van der Waals surface area contributed by atoms with Crippen LogP contribution < -0.4 is 0 Å². The van der Waals surface area contributed by atoms with E-state index >= 15 is 0 Å². The molecule has 2 heteroatoms. The van der Waals surface area contributed by atoms with Crippen LogP contribution in [0.5, 0.6) is 0 Å². The molecule has 0 amide bonds. The minimum Gasteiger partial charge on any atom is -0.389 e. The summed E-state index contributed by atoms with van der Waals surface area (Å²) in [5.41, 5.74) is 1.39. The van der Waals surface area contributed by atoms with E-state index in [1.165, 1.54) is 31.3 Å². The maximum absolute atomic E-state index is 11.9. The first-order valence-corrected chi connectivity index (χ1v) is 10.3. The second kappa shape index (κ2) is 5.43. The molecule has 4 aliphatic carbocycles. The van der Waals surface area contributed by atoms with Gasteiger partial charge >= 0.3 is 0 Å². The molecule has 4 rings (SSSR count). The van der Waals surface area contributed by atoms with Crippen molar-refractivity contribution in [3.05, 3.63) is 11.6 Å². The number of rotatable bonds is 2. The molecule has 0 aliphatic heterocycles. The lowest BCUT2D eigenvalue weighted by atomic mass is 9.46. The summed E-state index contributed by atoms with van der Waals surface area (Å²) in [6, 6.07) is 0. The van der Waals surface area contributed by atoms with Gasteiger partial charge in [0.05, 0.1) is 5.60 Å². The van der Waals surface area contributed by atoms with Gasteiger partial charge in [0.2, 0.25) is 0 Å². The highest BCUT2D eigenvalue weighted by atomic mass is 16.3. The molecule has 6 atom stereocenters. The Balaban J connectivity index is 1.66. The van der Waals surface area contributed by atoms with Crippen LogP contribution in [0.15, 0.2) is 11.6 Å². The Morgan fingerprint density at radius 1 is 1.08 bits per heavy atom. The minimum absolute atomic E-state index is 0.117. The van der Waals surface area contributed by atoms with Gasteiger partial charge in [-0.2, -0.15) is 0 Å². The fourth-order valence-corrected chi connectivity index (χ4v) is 7.49. The normalized spacial score (nSPS) is 50.8. The van der Waals surface area contributed by atoms with Crippen molar-refractivity contribution in [2.45, 2.75) is 90.6 Å². The van der Waals surface area contributed by atoms with Crippen LogP contribution in [0.2, 0.25) is 0 Å². The Hall–Kier alpha value is -0.630. The van der Waals surface area contributed by atoms with E-state index in [0.29, 0.717) is 11.7 Å². The summed E-state index contributed by atoms with van der Waals surface area (Å²) in [6.45, 7) is 7.05. The lowest BCUT2D eigenvalue weighted by Crippen LogP contribution is -2.54. The molecule has 24 heavy (non-hydrogen) atoms. The van der Waals surface area contributed by atoms with Gasteiger partial charge in [-0.05, 0) is 86.0 Å². The predicted octanol–water partition coefficient (Wildman–Crippen LogP) is 5.05. The molecule has 0 aromatic rings. The molecule has 0 heterocycles. The molecule has 0 aromatic heterocycles. The van der Waals surface area contributed by atoms with Crippen LogP contribution >= 0.6 is 0 Å². The topological polar surface area (TPSA) is 37.3 Å². The first-order chi connectivity index (χ1) is 11.3. The molecule has 134 valence electrons. The standard InChI is InChI=1S/C22H34O2/c1-4-10-22(24)13-9-19-17-6-5-15-14-16(23)7-11-20(15,2)18(17)8-12-21(19,22)3/h14,17-19,24H,4-13H2,1-3H3/t17-,18+,19+,20+,21+,22-/m1/s1. The number of carbonyl (C=O) groups excluding carboxylic acids is 1. The van der Waals surface area contributed by atoms with E-state index in [0.717, 1.165) is 50.4 Å². The van der Waals surface area contributed by atoms with E-state index in [4.69, 9.17) is 0 Å². The molecule has 3 saturated carbocycles. The quantitative estimate of drug-likeness (QED) is 0.769. The fraction of sp³-hybridized carbons (Fsp3) is 0.864. The molecule has 0 unspecified atom stereocenters. The maximum atomic E-state index is 11.9. The van der Waals surface area contributed by atoms with E-state index < -0.39 is 5.60 Å². The number of aliphatic hydroxyl groups is 1. The van der Waals surface area contributed by atoms with Crippen molar-refractivity contribution in [3.63, 3.8) is 0 Å². The summed E-state index contributed by atoms with van der Waals surface area (Å²) in [5, 5.41) is 11.4. The Kier molecular flexibility index (Phi) is 3.81. The van der Waals surface area contributed by atoms with Crippen LogP contribution in [0.4, 0.5) is 0 Å². The largest absolute Gasteiger partial charge is 0.389 e. The third-order valence-corrected chi connectivity index (χ3v) is 8.95. The second-order valence-electron chi connectivity index (χ2n) is 9.75. The Bertz CT molecular complexity index is 579.